The molecule has 2 unspecified atom stereocenters. The maximum absolute atomic E-state index is 9.80. The van der Waals surface area contributed by atoms with Crippen LogP contribution < -0.4 is 10.1 Å². The predicted octanol–water partition coefficient (Wildman–Crippen LogP) is 1.17. The average Bonchev–Trinajstić information content (AvgIpc) is 2.45. The monoisotopic (exact) mass is 278 g/mol. The van der Waals surface area contributed by atoms with Crippen LogP contribution in [0.25, 0.3) is 0 Å². The smallest absolute Gasteiger partial charge is 0.120 e. The van der Waals surface area contributed by atoms with Crippen molar-refractivity contribution < 1.29 is 14.6 Å². The summed E-state index contributed by atoms with van der Waals surface area (Å²) in [5, 5.41) is 21.7. The van der Waals surface area contributed by atoms with Gasteiger partial charge < -0.3 is 19.9 Å². The number of nitrogens with zero attached hydrogens (tertiary/aromatic N) is 1. The lowest BCUT2D eigenvalue weighted by molar-refractivity contribution is 0.102. The van der Waals surface area contributed by atoms with Gasteiger partial charge in [-0.15, -0.1) is 0 Å². The number of hydrogen-bond donors (Lipinski definition) is 2. The van der Waals surface area contributed by atoms with Gasteiger partial charge in [-0.25, -0.2) is 0 Å². The van der Waals surface area contributed by atoms with E-state index >= 15 is 0 Å². The topological polar surface area (TPSA) is 74.5 Å². The summed E-state index contributed by atoms with van der Waals surface area (Å²) in [7, 11) is 1.68. The molecule has 0 radical (unpaired) electrons. The van der Waals surface area contributed by atoms with Crippen LogP contribution in [0.2, 0.25) is 0 Å². The van der Waals surface area contributed by atoms with E-state index in [-0.39, 0.29) is 6.61 Å². The molecule has 110 valence electrons. The van der Waals surface area contributed by atoms with Crippen LogP contribution in [0.5, 0.6) is 5.75 Å². The molecule has 0 aromatic heterocycles. The van der Waals surface area contributed by atoms with Gasteiger partial charge in [0.05, 0.1) is 11.6 Å². The number of ether oxygens (including phenoxy) is 2. The summed E-state index contributed by atoms with van der Waals surface area (Å²) in [5.74, 6) is 0.997. The van der Waals surface area contributed by atoms with Crippen LogP contribution in [0.3, 0.4) is 0 Å². The van der Waals surface area contributed by atoms with Crippen molar-refractivity contribution in [1.82, 2.24) is 5.32 Å². The van der Waals surface area contributed by atoms with E-state index < -0.39 is 6.10 Å². The quantitative estimate of drug-likeness (QED) is 0.709. The summed E-state index contributed by atoms with van der Waals surface area (Å²) in [6, 6.07) is 8.93. The summed E-state index contributed by atoms with van der Waals surface area (Å²) < 4.78 is 10.5. The zero-order valence-corrected chi connectivity index (χ0v) is 12.0. The lowest BCUT2D eigenvalue weighted by Gasteiger charge is -2.15. The van der Waals surface area contributed by atoms with Crippen molar-refractivity contribution in [1.29, 1.82) is 5.26 Å². The van der Waals surface area contributed by atoms with E-state index in [1.807, 2.05) is 6.07 Å². The second kappa shape index (κ2) is 9.32. The standard InChI is InChI=1S/C15H22N2O3/c1-12(10-19-2)8-17-9-14(18)11-20-15-5-3-4-13(6-15)7-16/h3-6,12,14,17-18H,8-11H2,1-2H3. The lowest BCUT2D eigenvalue weighted by atomic mass is 10.2. The molecular formula is C15H22N2O3. The second-order valence-electron chi connectivity index (χ2n) is 4.82. The Morgan fingerprint density at radius 3 is 2.85 bits per heavy atom. The molecule has 0 saturated carbocycles. The van der Waals surface area contributed by atoms with Gasteiger partial charge in [-0.1, -0.05) is 13.0 Å². The first kappa shape index (κ1) is 16.4. The fourth-order valence-electron chi connectivity index (χ4n) is 1.75. The number of aliphatic hydroxyl groups excluding tert-OH is 1. The van der Waals surface area contributed by atoms with Crippen molar-refractivity contribution in [3.63, 3.8) is 0 Å². The number of hydrogen-bond acceptors (Lipinski definition) is 5. The largest absolute Gasteiger partial charge is 0.491 e. The molecule has 0 heterocycles. The molecule has 1 rings (SSSR count). The molecule has 2 atom stereocenters. The fraction of sp³-hybridized carbons (Fsp3) is 0.533. The van der Waals surface area contributed by atoms with Gasteiger partial charge in [-0.2, -0.15) is 5.26 Å². The molecule has 0 aliphatic heterocycles. The molecule has 20 heavy (non-hydrogen) atoms. The van der Waals surface area contributed by atoms with Gasteiger partial charge in [-0.05, 0) is 30.7 Å². The Morgan fingerprint density at radius 2 is 2.15 bits per heavy atom. The Labute approximate surface area is 120 Å². The van der Waals surface area contributed by atoms with Gasteiger partial charge in [0.1, 0.15) is 18.5 Å². The van der Waals surface area contributed by atoms with Gasteiger partial charge in [-0.3, -0.25) is 0 Å². The first-order valence-electron chi connectivity index (χ1n) is 6.66. The Morgan fingerprint density at radius 1 is 1.35 bits per heavy atom. The minimum absolute atomic E-state index is 0.195. The van der Waals surface area contributed by atoms with Crippen molar-refractivity contribution in [3.8, 4) is 11.8 Å². The van der Waals surface area contributed by atoms with Gasteiger partial charge in [0, 0.05) is 20.3 Å². The zero-order chi connectivity index (χ0) is 14.8. The summed E-state index contributed by atoms with van der Waals surface area (Å²) in [6.45, 7) is 4.22. The zero-order valence-electron chi connectivity index (χ0n) is 12.0. The fourth-order valence-corrected chi connectivity index (χ4v) is 1.75. The summed E-state index contributed by atoms with van der Waals surface area (Å²) in [5.41, 5.74) is 0.545. The van der Waals surface area contributed by atoms with Gasteiger partial charge in [0.25, 0.3) is 0 Å². The number of benzene rings is 1. The van der Waals surface area contributed by atoms with E-state index in [9.17, 15) is 5.11 Å². The van der Waals surface area contributed by atoms with Crippen LogP contribution in [0.15, 0.2) is 24.3 Å². The molecule has 5 heteroatoms. The number of aliphatic hydroxyl groups is 1. The third kappa shape index (κ3) is 6.53. The summed E-state index contributed by atoms with van der Waals surface area (Å²) >= 11 is 0. The molecule has 1 aromatic carbocycles. The molecule has 0 amide bonds. The molecule has 0 bridgehead atoms. The van der Waals surface area contributed by atoms with Crippen molar-refractivity contribution in [3.05, 3.63) is 29.8 Å². The minimum atomic E-state index is -0.588. The van der Waals surface area contributed by atoms with E-state index in [2.05, 4.69) is 12.2 Å². The molecule has 0 spiro atoms. The van der Waals surface area contributed by atoms with Crippen LogP contribution in [0.4, 0.5) is 0 Å². The van der Waals surface area contributed by atoms with Crippen molar-refractivity contribution in [2.75, 3.05) is 33.4 Å². The normalized spacial score (nSPS) is 13.5. The molecule has 0 fully saturated rings. The third-order valence-electron chi connectivity index (χ3n) is 2.73. The molecule has 0 aliphatic carbocycles. The Balaban J connectivity index is 2.22. The molecule has 2 N–H and O–H groups in total. The maximum Gasteiger partial charge on any atom is 0.120 e. The van der Waals surface area contributed by atoms with Crippen LogP contribution in [0.1, 0.15) is 12.5 Å². The average molecular weight is 278 g/mol. The highest BCUT2D eigenvalue weighted by Gasteiger charge is 2.07. The molecule has 5 nitrogen and oxygen atoms in total. The summed E-state index contributed by atoms with van der Waals surface area (Å²) in [4.78, 5) is 0. The number of methoxy groups -OCH3 is 1. The van der Waals surface area contributed by atoms with Gasteiger partial charge in [0.2, 0.25) is 0 Å². The lowest BCUT2D eigenvalue weighted by Crippen LogP contribution is -2.34. The highest BCUT2D eigenvalue weighted by atomic mass is 16.5. The summed E-state index contributed by atoms with van der Waals surface area (Å²) in [6.07, 6.45) is -0.588. The predicted molar refractivity (Wildman–Crippen MR) is 76.6 cm³/mol. The Hall–Kier alpha value is -1.61. The van der Waals surface area contributed by atoms with Gasteiger partial charge in [0.15, 0.2) is 0 Å². The number of nitriles is 1. The maximum atomic E-state index is 9.80. The van der Waals surface area contributed by atoms with Crippen LogP contribution >= 0.6 is 0 Å². The molecule has 0 aliphatic rings. The molecular weight excluding hydrogens is 256 g/mol. The van der Waals surface area contributed by atoms with Crippen LogP contribution in [-0.2, 0) is 4.74 Å². The first-order chi connectivity index (χ1) is 9.65. The first-order valence-corrected chi connectivity index (χ1v) is 6.66. The Bertz CT molecular complexity index is 431. The number of nitrogens with one attached hydrogen (secondary N) is 1. The second-order valence-corrected chi connectivity index (χ2v) is 4.82. The molecule has 1 aromatic rings. The number of rotatable bonds is 9. The minimum Gasteiger partial charge on any atom is -0.491 e. The Kier molecular flexibility index (Phi) is 7.66. The van der Waals surface area contributed by atoms with E-state index in [1.165, 1.54) is 0 Å². The van der Waals surface area contributed by atoms with Crippen LogP contribution in [0, 0.1) is 17.2 Å². The highest BCUT2D eigenvalue weighted by molar-refractivity contribution is 5.36. The van der Waals surface area contributed by atoms with Crippen molar-refractivity contribution in [2.45, 2.75) is 13.0 Å². The third-order valence-corrected chi connectivity index (χ3v) is 2.73. The highest BCUT2D eigenvalue weighted by Crippen LogP contribution is 2.12. The van der Waals surface area contributed by atoms with E-state index in [0.717, 1.165) is 6.54 Å². The van der Waals surface area contributed by atoms with E-state index in [0.29, 0.717) is 30.4 Å². The van der Waals surface area contributed by atoms with E-state index in [1.54, 1.807) is 31.4 Å². The SMILES string of the molecule is COCC(C)CNCC(O)COc1cccc(C#N)c1. The van der Waals surface area contributed by atoms with Gasteiger partial charge >= 0.3 is 0 Å². The van der Waals surface area contributed by atoms with Crippen LogP contribution in [-0.4, -0.2) is 44.6 Å². The van der Waals surface area contributed by atoms with E-state index in [4.69, 9.17) is 14.7 Å². The van der Waals surface area contributed by atoms with Crippen molar-refractivity contribution >= 4 is 0 Å². The molecule has 0 saturated heterocycles. The van der Waals surface area contributed by atoms with Crippen molar-refractivity contribution in [2.24, 2.45) is 5.92 Å².